The highest BCUT2D eigenvalue weighted by atomic mass is 32.1. The van der Waals surface area contributed by atoms with Gasteiger partial charge in [-0.2, -0.15) is 0 Å². The van der Waals surface area contributed by atoms with E-state index in [0.29, 0.717) is 0 Å². The molecule has 0 radical (unpaired) electrons. The average Bonchev–Trinajstić information content (AvgIpc) is 3.12. The van der Waals surface area contributed by atoms with Crippen LogP contribution in [0.2, 0.25) is 0 Å². The van der Waals surface area contributed by atoms with Gasteiger partial charge in [0.2, 0.25) is 0 Å². The summed E-state index contributed by atoms with van der Waals surface area (Å²) < 4.78 is 0.789. The Balaban J connectivity index is 1.90. The Bertz CT molecular complexity index is 1140. The number of nitrogens with one attached hydrogen (secondary N) is 2. The molecule has 0 saturated heterocycles. The van der Waals surface area contributed by atoms with Gasteiger partial charge in [0.1, 0.15) is 4.70 Å². The zero-order valence-electron chi connectivity index (χ0n) is 15.2. The molecular weight excluding hydrogens is 340 g/mol. The lowest BCUT2D eigenvalue weighted by molar-refractivity contribution is 0.494. The first-order valence-electron chi connectivity index (χ1n) is 8.79. The number of benzene rings is 2. The molecule has 0 saturated carbocycles. The number of thiophene rings is 1. The molecule has 0 unspecified atom stereocenters. The van der Waals surface area contributed by atoms with E-state index in [1.165, 1.54) is 22.5 Å². The Morgan fingerprint density at radius 2 is 1.85 bits per heavy atom. The minimum Gasteiger partial charge on any atom is -0.321 e. The van der Waals surface area contributed by atoms with Crippen molar-refractivity contribution >= 4 is 32.3 Å². The minimum absolute atomic E-state index is 0.0104. The standard InChI is InChI=1S/C22H22N2OS/c1-22(2,13-23-3)15-9-7-14(8-10-15)16-5-4-6-18-19(16)17-11-12-26-20(17)21(25)24-18/h4-12,23H,13H2,1-3H3,(H,24,25). The topological polar surface area (TPSA) is 44.9 Å². The van der Waals surface area contributed by atoms with Crippen molar-refractivity contribution in [3.63, 3.8) is 0 Å². The van der Waals surface area contributed by atoms with E-state index in [-0.39, 0.29) is 11.0 Å². The Hall–Kier alpha value is -2.43. The van der Waals surface area contributed by atoms with E-state index in [1.54, 1.807) is 0 Å². The van der Waals surface area contributed by atoms with Gasteiger partial charge in [0.15, 0.2) is 0 Å². The summed E-state index contributed by atoms with van der Waals surface area (Å²) in [6.07, 6.45) is 0. The highest BCUT2D eigenvalue weighted by molar-refractivity contribution is 7.17. The first kappa shape index (κ1) is 17.0. The molecule has 2 aromatic carbocycles. The van der Waals surface area contributed by atoms with Crippen LogP contribution >= 0.6 is 11.3 Å². The fraction of sp³-hybridized carbons (Fsp3) is 0.227. The molecule has 4 heteroatoms. The monoisotopic (exact) mass is 362 g/mol. The maximum absolute atomic E-state index is 12.3. The Kier molecular flexibility index (Phi) is 4.17. The zero-order valence-corrected chi connectivity index (χ0v) is 16.0. The third kappa shape index (κ3) is 2.75. The largest absolute Gasteiger partial charge is 0.321 e. The van der Waals surface area contributed by atoms with Crippen molar-refractivity contribution < 1.29 is 0 Å². The average molecular weight is 362 g/mol. The van der Waals surface area contributed by atoms with E-state index in [0.717, 1.165) is 33.1 Å². The van der Waals surface area contributed by atoms with Crippen LogP contribution in [-0.2, 0) is 5.41 Å². The predicted octanol–water partition coefficient (Wildman–Crippen LogP) is 4.91. The van der Waals surface area contributed by atoms with Gasteiger partial charge in [0.25, 0.3) is 5.56 Å². The second-order valence-corrected chi connectivity index (χ2v) is 8.25. The van der Waals surface area contributed by atoms with E-state index in [2.05, 4.69) is 54.5 Å². The van der Waals surface area contributed by atoms with Crippen LogP contribution in [0.1, 0.15) is 19.4 Å². The Morgan fingerprint density at radius 1 is 1.08 bits per heavy atom. The van der Waals surface area contributed by atoms with Gasteiger partial charge >= 0.3 is 0 Å². The summed E-state index contributed by atoms with van der Waals surface area (Å²) in [5, 5.41) is 7.40. The molecule has 0 amide bonds. The normalized spacial score (nSPS) is 12.1. The molecule has 2 N–H and O–H groups in total. The SMILES string of the molecule is CNCC(C)(C)c1ccc(-c2cccc3[nH]c(=O)c4sccc4c23)cc1. The number of aromatic amines is 1. The molecule has 0 aliphatic rings. The summed E-state index contributed by atoms with van der Waals surface area (Å²) in [5.41, 5.74) is 4.59. The van der Waals surface area contributed by atoms with Gasteiger partial charge < -0.3 is 10.3 Å². The van der Waals surface area contributed by atoms with Crippen molar-refractivity contribution in [2.45, 2.75) is 19.3 Å². The van der Waals surface area contributed by atoms with Crippen LogP contribution in [0.15, 0.2) is 58.7 Å². The molecule has 26 heavy (non-hydrogen) atoms. The quantitative estimate of drug-likeness (QED) is 0.542. The van der Waals surface area contributed by atoms with E-state index < -0.39 is 0 Å². The van der Waals surface area contributed by atoms with Crippen molar-refractivity contribution in [3.05, 3.63) is 69.8 Å². The van der Waals surface area contributed by atoms with Gasteiger partial charge in [-0.1, -0.05) is 50.2 Å². The smallest absolute Gasteiger partial charge is 0.266 e. The number of pyridine rings is 1. The maximum atomic E-state index is 12.3. The molecule has 3 nitrogen and oxygen atoms in total. The number of fused-ring (bicyclic) bond motifs is 3. The van der Waals surface area contributed by atoms with E-state index in [4.69, 9.17) is 0 Å². The number of rotatable bonds is 4. The third-order valence-corrected chi connectivity index (χ3v) is 5.96. The van der Waals surface area contributed by atoms with Gasteiger partial charge in [-0.05, 0) is 41.3 Å². The number of hydrogen-bond donors (Lipinski definition) is 2. The Labute approximate surface area is 156 Å². The van der Waals surface area contributed by atoms with Crippen molar-refractivity contribution in [2.75, 3.05) is 13.6 Å². The molecule has 2 heterocycles. The fourth-order valence-corrected chi connectivity index (χ4v) is 4.49. The predicted molar refractivity (Wildman–Crippen MR) is 112 cm³/mol. The zero-order chi connectivity index (χ0) is 18.3. The van der Waals surface area contributed by atoms with Crippen molar-refractivity contribution in [2.24, 2.45) is 0 Å². The van der Waals surface area contributed by atoms with Crippen molar-refractivity contribution in [3.8, 4) is 11.1 Å². The van der Waals surface area contributed by atoms with Crippen LogP contribution in [0.5, 0.6) is 0 Å². The summed E-state index contributed by atoms with van der Waals surface area (Å²) in [5.74, 6) is 0. The lowest BCUT2D eigenvalue weighted by Gasteiger charge is -2.25. The number of hydrogen-bond acceptors (Lipinski definition) is 3. The van der Waals surface area contributed by atoms with E-state index in [1.807, 2.05) is 30.6 Å². The minimum atomic E-state index is -0.0104. The first-order valence-corrected chi connectivity index (χ1v) is 9.67. The van der Waals surface area contributed by atoms with Crippen LogP contribution in [0.4, 0.5) is 0 Å². The maximum Gasteiger partial charge on any atom is 0.266 e. The lowest BCUT2D eigenvalue weighted by atomic mass is 9.83. The number of aromatic nitrogens is 1. The second-order valence-electron chi connectivity index (χ2n) is 7.34. The van der Waals surface area contributed by atoms with E-state index in [9.17, 15) is 4.79 Å². The summed E-state index contributed by atoms with van der Waals surface area (Å²) in [6, 6.07) is 16.9. The number of likely N-dealkylation sites (N-methyl/N-ethyl adjacent to an activating group) is 1. The molecule has 0 bridgehead atoms. The first-order chi connectivity index (χ1) is 12.5. The molecule has 132 valence electrons. The van der Waals surface area contributed by atoms with Crippen molar-refractivity contribution in [1.29, 1.82) is 0 Å². The van der Waals surface area contributed by atoms with Gasteiger partial charge in [-0.15, -0.1) is 11.3 Å². The molecule has 0 aliphatic heterocycles. The molecule has 0 spiro atoms. The van der Waals surface area contributed by atoms with Gasteiger partial charge in [-0.25, -0.2) is 0 Å². The molecule has 4 aromatic rings. The molecule has 0 aliphatic carbocycles. The van der Waals surface area contributed by atoms with Crippen LogP contribution < -0.4 is 10.9 Å². The van der Waals surface area contributed by atoms with Crippen LogP contribution in [0.25, 0.3) is 32.1 Å². The summed E-state index contributed by atoms with van der Waals surface area (Å²) in [7, 11) is 1.99. The summed E-state index contributed by atoms with van der Waals surface area (Å²) >= 11 is 1.49. The third-order valence-electron chi connectivity index (χ3n) is 5.05. The van der Waals surface area contributed by atoms with Crippen LogP contribution in [-0.4, -0.2) is 18.6 Å². The summed E-state index contributed by atoms with van der Waals surface area (Å²) in [4.78, 5) is 15.3. The van der Waals surface area contributed by atoms with Crippen molar-refractivity contribution in [1.82, 2.24) is 10.3 Å². The van der Waals surface area contributed by atoms with Gasteiger partial charge in [0, 0.05) is 28.2 Å². The van der Waals surface area contributed by atoms with E-state index >= 15 is 0 Å². The highest BCUT2D eigenvalue weighted by Gasteiger charge is 2.19. The van der Waals surface area contributed by atoms with Gasteiger partial charge in [0.05, 0.1) is 0 Å². The van der Waals surface area contributed by atoms with Crippen LogP contribution in [0, 0.1) is 0 Å². The Morgan fingerprint density at radius 3 is 2.58 bits per heavy atom. The van der Waals surface area contributed by atoms with Gasteiger partial charge in [-0.3, -0.25) is 4.79 Å². The molecule has 4 rings (SSSR count). The molecule has 0 atom stereocenters. The lowest BCUT2D eigenvalue weighted by Crippen LogP contribution is -2.30. The molecule has 2 aromatic heterocycles. The second kappa shape index (κ2) is 6.38. The molecule has 0 fully saturated rings. The highest BCUT2D eigenvalue weighted by Crippen LogP contribution is 2.34. The summed E-state index contributed by atoms with van der Waals surface area (Å²) in [6.45, 7) is 5.42. The number of H-pyrrole nitrogens is 1. The van der Waals surface area contributed by atoms with Crippen LogP contribution in [0.3, 0.4) is 0 Å². The fourth-order valence-electron chi connectivity index (χ4n) is 3.69. The molecular formula is C22H22N2OS.